The summed E-state index contributed by atoms with van der Waals surface area (Å²) in [6.07, 6.45) is 1.81. The van der Waals surface area contributed by atoms with Crippen molar-refractivity contribution < 1.29 is 4.79 Å². The summed E-state index contributed by atoms with van der Waals surface area (Å²) in [6, 6.07) is 6.93. The Labute approximate surface area is 116 Å². The third-order valence-corrected chi connectivity index (χ3v) is 3.60. The highest BCUT2D eigenvalue weighted by Gasteiger charge is 2.23. The fourth-order valence-corrected chi connectivity index (χ4v) is 2.48. The van der Waals surface area contributed by atoms with Crippen molar-refractivity contribution in [3.8, 4) is 0 Å². The highest BCUT2D eigenvalue weighted by Crippen LogP contribution is 2.17. The van der Waals surface area contributed by atoms with Crippen molar-refractivity contribution in [2.24, 2.45) is 0 Å². The SMILES string of the molecule is CCC(C)(CCBr)NC(=O)c1ccc(Cl)cc1. The number of carbonyl (C=O) groups excluding carboxylic acids is 1. The van der Waals surface area contributed by atoms with E-state index in [9.17, 15) is 4.79 Å². The second-order valence-corrected chi connectivity index (χ2v) is 5.54. The van der Waals surface area contributed by atoms with E-state index < -0.39 is 0 Å². The van der Waals surface area contributed by atoms with Gasteiger partial charge in [-0.3, -0.25) is 4.79 Å². The molecule has 1 amide bonds. The van der Waals surface area contributed by atoms with Crippen LogP contribution < -0.4 is 5.32 Å². The first kappa shape index (κ1) is 14.5. The van der Waals surface area contributed by atoms with E-state index >= 15 is 0 Å². The van der Waals surface area contributed by atoms with Crippen molar-refractivity contribution in [2.75, 3.05) is 5.33 Å². The summed E-state index contributed by atoms with van der Waals surface area (Å²) in [4.78, 5) is 12.0. The van der Waals surface area contributed by atoms with E-state index in [1.165, 1.54) is 0 Å². The Morgan fingerprint density at radius 2 is 2.00 bits per heavy atom. The summed E-state index contributed by atoms with van der Waals surface area (Å²) in [5.41, 5.74) is 0.476. The molecule has 2 nitrogen and oxygen atoms in total. The number of nitrogens with one attached hydrogen (secondary N) is 1. The standard InChI is InChI=1S/C13H17BrClNO/c1-3-13(2,8-9-14)16-12(17)10-4-6-11(15)7-5-10/h4-7H,3,8-9H2,1-2H3,(H,16,17). The third-order valence-electron chi connectivity index (χ3n) is 2.95. The van der Waals surface area contributed by atoms with E-state index in [1.807, 2.05) is 0 Å². The number of hydrogen-bond donors (Lipinski definition) is 1. The summed E-state index contributed by atoms with van der Waals surface area (Å²) in [5.74, 6) is -0.0491. The normalized spacial score (nSPS) is 14.1. The van der Waals surface area contributed by atoms with Crippen LogP contribution >= 0.6 is 27.5 Å². The van der Waals surface area contributed by atoms with Crippen LogP contribution in [-0.2, 0) is 0 Å². The van der Waals surface area contributed by atoms with Crippen LogP contribution in [0.3, 0.4) is 0 Å². The van der Waals surface area contributed by atoms with Crippen LogP contribution in [-0.4, -0.2) is 16.8 Å². The number of benzene rings is 1. The summed E-state index contributed by atoms with van der Waals surface area (Å²) in [6.45, 7) is 4.13. The Kier molecular flexibility index (Phi) is 5.47. The van der Waals surface area contributed by atoms with Crippen LogP contribution in [0.5, 0.6) is 0 Å². The van der Waals surface area contributed by atoms with Gasteiger partial charge in [0, 0.05) is 21.5 Å². The maximum Gasteiger partial charge on any atom is 0.251 e. The fourth-order valence-electron chi connectivity index (χ4n) is 1.48. The molecule has 0 radical (unpaired) electrons. The Bertz CT molecular complexity index is 380. The van der Waals surface area contributed by atoms with Gasteiger partial charge in [0.1, 0.15) is 0 Å². The molecule has 0 aromatic heterocycles. The van der Waals surface area contributed by atoms with Gasteiger partial charge in [0.2, 0.25) is 0 Å². The second-order valence-electron chi connectivity index (χ2n) is 4.31. The predicted molar refractivity (Wildman–Crippen MR) is 76.0 cm³/mol. The Morgan fingerprint density at radius 1 is 1.41 bits per heavy atom. The van der Waals surface area contributed by atoms with E-state index in [-0.39, 0.29) is 11.4 Å². The van der Waals surface area contributed by atoms with Crippen molar-refractivity contribution in [3.05, 3.63) is 34.9 Å². The van der Waals surface area contributed by atoms with E-state index in [0.717, 1.165) is 18.2 Å². The molecule has 1 aromatic carbocycles. The summed E-state index contributed by atoms with van der Waals surface area (Å²) < 4.78 is 0. The second kappa shape index (κ2) is 6.41. The molecule has 0 fully saturated rings. The van der Waals surface area contributed by atoms with Crippen LogP contribution in [0.4, 0.5) is 0 Å². The van der Waals surface area contributed by atoms with Gasteiger partial charge in [-0.15, -0.1) is 0 Å². The topological polar surface area (TPSA) is 29.1 Å². The molecule has 4 heteroatoms. The number of carbonyl (C=O) groups is 1. The van der Waals surface area contributed by atoms with Crippen molar-refractivity contribution in [3.63, 3.8) is 0 Å². The van der Waals surface area contributed by atoms with Crippen molar-refractivity contribution >= 4 is 33.4 Å². The molecule has 1 N–H and O–H groups in total. The van der Waals surface area contributed by atoms with E-state index in [4.69, 9.17) is 11.6 Å². The quantitative estimate of drug-likeness (QED) is 0.816. The summed E-state index contributed by atoms with van der Waals surface area (Å²) in [7, 11) is 0. The molecule has 1 atom stereocenters. The minimum absolute atomic E-state index is 0.0491. The molecule has 17 heavy (non-hydrogen) atoms. The van der Waals surface area contributed by atoms with Crippen LogP contribution in [0.1, 0.15) is 37.0 Å². The van der Waals surface area contributed by atoms with Crippen LogP contribution in [0, 0.1) is 0 Å². The molecule has 0 aliphatic rings. The minimum Gasteiger partial charge on any atom is -0.347 e. The maximum atomic E-state index is 12.0. The number of rotatable bonds is 5. The zero-order valence-electron chi connectivity index (χ0n) is 10.1. The zero-order valence-corrected chi connectivity index (χ0v) is 12.4. The lowest BCUT2D eigenvalue weighted by molar-refractivity contribution is 0.0902. The Morgan fingerprint density at radius 3 is 2.47 bits per heavy atom. The van der Waals surface area contributed by atoms with Gasteiger partial charge in [-0.25, -0.2) is 0 Å². The van der Waals surface area contributed by atoms with Gasteiger partial charge in [0.25, 0.3) is 5.91 Å². The molecule has 1 unspecified atom stereocenters. The fraction of sp³-hybridized carbons (Fsp3) is 0.462. The van der Waals surface area contributed by atoms with Gasteiger partial charge < -0.3 is 5.32 Å². The largest absolute Gasteiger partial charge is 0.347 e. The molecule has 0 saturated carbocycles. The van der Waals surface area contributed by atoms with E-state index in [2.05, 4.69) is 35.1 Å². The lowest BCUT2D eigenvalue weighted by Crippen LogP contribution is -2.45. The minimum atomic E-state index is -0.166. The third kappa shape index (κ3) is 4.32. The maximum absolute atomic E-state index is 12.0. The number of alkyl halides is 1. The highest BCUT2D eigenvalue weighted by molar-refractivity contribution is 9.09. The molecule has 1 rings (SSSR count). The predicted octanol–water partition coefficient (Wildman–Crippen LogP) is 4.02. The van der Waals surface area contributed by atoms with Gasteiger partial charge in [0.15, 0.2) is 0 Å². The van der Waals surface area contributed by atoms with Gasteiger partial charge in [-0.2, -0.15) is 0 Å². The van der Waals surface area contributed by atoms with Crippen molar-refractivity contribution in [1.82, 2.24) is 5.32 Å². The Hall–Kier alpha value is -0.540. The summed E-state index contributed by atoms with van der Waals surface area (Å²) in [5, 5.41) is 4.58. The smallest absolute Gasteiger partial charge is 0.251 e. The average molecular weight is 319 g/mol. The molecule has 0 bridgehead atoms. The molecular weight excluding hydrogens is 302 g/mol. The average Bonchev–Trinajstić information content (AvgIpc) is 2.30. The van der Waals surface area contributed by atoms with Crippen molar-refractivity contribution in [1.29, 1.82) is 0 Å². The zero-order chi connectivity index (χ0) is 12.9. The van der Waals surface area contributed by atoms with Gasteiger partial charge in [0.05, 0.1) is 0 Å². The first-order chi connectivity index (χ1) is 8.00. The molecule has 0 spiro atoms. The molecule has 0 aliphatic carbocycles. The Balaban J connectivity index is 2.74. The lowest BCUT2D eigenvalue weighted by atomic mass is 9.95. The van der Waals surface area contributed by atoms with Crippen LogP contribution in [0.2, 0.25) is 5.02 Å². The van der Waals surface area contributed by atoms with Crippen LogP contribution in [0.15, 0.2) is 24.3 Å². The number of amides is 1. The number of halogens is 2. The van der Waals surface area contributed by atoms with Gasteiger partial charge >= 0.3 is 0 Å². The van der Waals surface area contributed by atoms with Gasteiger partial charge in [-0.05, 0) is 44.0 Å². The van der Waals surface area contributed by atoms with E-state index in [1.54, 1.807) is 24.3 Å². The van der Waals surface area contributed by atoms with Gasteiger partial charge in [-0.1, -0.05) is 34.5 Å². The molecule has 94 valence electrons. The van der Waals surface area contributed by atoms with Crippen molar-refractivity contribution in [2.45, 2.75) is 32.2 Å². The molecule has 1 aromatic rings. The molecule has 0 aliphatic heterocycles. The molecule has 0 saturated heterocycles. The van der Waals surface area contributed by atoms with Crippen LogP contribution in [0.25, 0.3) is 0 Å². The summed E-state index contributed by atoms with van der Waals surface area (Å²) >= 11 is 9.20. The molecular formula is C13H17BrClNO. The lowest BCUT2D eigenvalue weighted by Gasteiger charge is -2.29. The monoisotopic (exact) mass is 317 g/mol. The first-order valence-corrected chi connectivity index (χ1v) is 7.15. The molecule has 0 heterocycles. The highest BCUT2D eigenvalue weighted by atomic mass is 79.9. The number of hydrogen-bond acceptors (Lipinski definition) is 1. The van der Waals surface area contributed by atoms with E-state index in [0.29, 0.717) is 10.6 Å². The first-order valence-electron chi connectivity index (χ1n) is 5.65.